The molecule has 0 unspecified atom stereocenters. The van der Waals surface area contributed by atoms with Gasteiger partial charge in [0.25, 0.3) is 5.91 Å². The number of ketones is 1. The molecule has 7 nitrogen and oxygen atoms in total. The predicted octanol–water partition coefficient (Wildman–Crippen LogP) is 1.92. The molecule has 0 fully saturated rings. The van der Waals surface area contributed by atoms with E-state index in [4.69, 9.17) is 4.74 Å². The van der Waals surface area contributed by atoms with Gasteiger partial charge in [0.2, 0.25) is 0 Å². The summed E-state index contributed by atoms with van der Waals surface area (Å²) in [5.41, 5.74) is 1.16. The summed E-state index contributed by atoms with van der Waals surface area (Å²) in [6.07, 6.45) is -1.15. The minimum Gasteiger partial charge on any atom is -0.449 e. The van der Waals surface area contributed by atoms with Crippen molar-refractivity contribution >= 4 is 23.7 Å². The van der Waals surface area contributed by atoms with Gasteiger partial charge in [0.1, 0.15) is 0 Å². The van der Waals surface area contributed by atoms with E-state index in [9.17, 15) is 19.2 Å². The van der Waals surface area contributed by atoms with E-state index in [0.29, 0.717) is 11.1 Å². The lowest BCUT2D eigenvalue weighted by Gasteiger charge is -2.12. The second kappa shape index (κ2) is 8.57. The second-order valence-electron chi connectivity index (χ2n) is 5.39. The average molecular weight is 354 g/mol. The molecule has 0 saturated carbocycles. The Morgan fingerprint density at radius 1 is 0.846 bits per heavy atom. The van der Waals surface area contributed by atoms with E-state index in [0.717, 1.165) is 0 Å². The third-order valence-electron chi connectivity index (χ3n) is 3.54. The minimum absolute atomic E-state index is 0.163. The first-order valence-corrected chi connectivity index (χ1v) is 7.85. The van der Waals surface area contributed by atoms with Crippen molar-refractivity contribution in [1.82, 2.24) is 10.6 Å². The number of ether oxygens (including phenoxy) is 1. The SMILES string of the molecule is CNC(=O)NC(=O)[C@H](C)OC(=O)c1ccc(C(=O)c2ccccc2)cc1. The summed E-state index contributed by atoms with van der Waals surface area (Å²) >= 11 is 0. The zero-order chi connectivity index (χ0) is 19.1. The van der Waals surface area contributed by atoms with Crippen molar-refractivity contribution in [3.63, 3.8) is 0 Å². The van der Waals surface area contributed by atoms with Crippen molar-refractivity contribution in [1.29, 1.82) is 0 Å². The maximum absolute atomic E-state index is 12.3. The fourth-order valence-electron chi connectivity index (χ4n) is 2.07. The van der Waals surface area contributed by atoms with Gasteiger partial charge in [-0.15, -0.1) is 0 Å². The summed E-state index contributed by atoms with van der Waals surface area (Å²) in [6, 6.07) is 14.0. The van der Waals surface area contributed by atoms with Gasteiger partial charge in [-0.1, -0.05) is 42.5 Å². The molecule has 0 aliphatic carbocycles. The summed E-state index contributed by atoms with van der Waals surface area (Å²) in [5, 5.41) is 4.24. The zero-order valence-electron chi connectivity index (χ0n) is 14.3. The monoisotopic (exact) mass is 354 g/mol. The van der Waals surface area contributed by atoms with Crippen LogP contribution < -0.4 is 10.6 Å². The van der Waals surface area contributed by atoms with Gasteiger partial charge in [0.15, 0.2) is 11.9 Å². The normalized spacial score (nSPS) is 11.2. The summed E-state index contributed by atoms with van der Waals surface area (Å²) in [6.45, 7) is 1.35. The highest BCUT2D eigenvalue weighted by Crippen LogP contribution is 2.12. The number of carbonyl (C=O) groups is 4. The number of nitrogens with one attached hydrogen (secondary N) is 2. The lowest BCUT2D eigenvalue weighted by atomic mass is 10.0. The summed E-state index contributed by atoms with van der Waals surface area (Å²) in [5.74, 6) is -1.64. The van der Waals surface area contributed by atoms with E-state index < -0.39 is 24.0 Å². The molecule has 7 heteroatoms. The largest absolute Gasteiger partial charge is 0.449 e. The number of hydrogen-bond acceptors (Lipinski definition) is 5. The van der Waals surface area contributed by atoms with Crippen LogP contribution in [0.3, 0.4) is 0 Å². The van der Waals surface area contributed by atoms with Crippen LogP contribution in [-0.4, -0.2) is 36.8 Å². The number of carbonyl (C=O) groups excluding carboxylic acids is 4. The number of imide groups is 1. The molecule has 3 amide bonds. The Balaban J connectivity index is 2.01. The van der Waals surface area contributed by atoms with E-state index in [1.54, 1.807) is 24.3 Å². The number of amides is 3. The quantitative estimate of drug-likeness (QED) is 0.631. The lowest BCUT2D eigenvalue weighted by Crippen LogP contribution is -2.43. The van der Waals surface area contributed by atoms with Gasteiger partial charge < -0.3 is 10.1 Å². The Bertz CT molecular complexity index is 816. The summed E-state index contributed by atoms with van der Waals surface area (Å²) in [4.78, 5) is 47.2. The Morgan fingerprint density at radius 3 is 1.96 bits per heavy atom. The van der Waals surface area contributed by atoms with Crippen LogP contribution in [0.4, 0.5) is 4.79 Å². The highest BCUT2D eigenvalue weighted by molar-refractivity contribution is 6.09. The lowest BCUT2D eigenvalue weighted by molar-refractivity contribution is -0.127. The van der Waals surface area contributed by atoms with Crippen LogP contribution in [0, 0.1) is 0 Å². The molecule has 0 aliphatic rings. The van der Waals surface area contributed by atoms with Gasteiger partial charge in [-0.05, 0) is 19.1 Å². The highest BCUT2D eigenvalue weighted by Gasteiger charge is 2.20. The van der Waals surface area contributed by atoms with Gasteiger partial charge in [-0.25, -0.2) is 9.59 Å². The number of urea groups is 1. The molecule has 0 spiro atoms. The number of rotatable bonds is 5. The first-order valence-electron chi connectivity index (χ1n) is 7.85. The molecule has 2 N–H and O–H groups in total. The molecule has 2 aromatic rings. The molecule has 2 rings (SSSR count). The minimum atomic E-state index is -1.15. The molecule has 0 aromatic heterocycles. The summed E-state index contributed by atoms with van der Waals surface area (Å²) in [7, 11) is 1.36. The molecule has 0 bridgehead atoms. The second-order valence-corrected chi connectivity index (χ2v) is 5.39. The molecule has 0 aliphatic heterocycles. The fraction of sp³-hybridized carbons (Fsp3) is 0.158. The smallest absolute Gasteiger partial charge is 0.338 e. The van der Waals surface area contributed by atoms with Crippen LogP contribution in [0.2, 0.25) is 0 Å². The molecule has 0 radical (unpaired) electrons. The number of benzene rings is 2. The van der Waals surface area contributed by atoms with Gasteiger partial charge in [-0.3, -0.25) is 14.9 Å². The van der Waals surface area contributed by atoms with Crippen molar-refractivity contribution < 1.29 is 23.9 Å². The van der Waals surface area contributed by atoms with Crippen LogP contribution >= 0.6 is 0 Å². The summed E-state index contributed by atoms with van der Waals surface area (Å²) < 4.78 is 5.01. The van der Waals surface area contributed by atoms with E-state index in [1.807, 2.05) is 11.4 Å². The molecule has 134 valence electrons. The van der Waals surface area contributed by atoms with E-state index in [2.05, 4.69) is 5.32 Å². The molecule has 2 aromatic carbocycles. The van der Waals surface area contributed by atoms with Gasteiger partial charge in [0.05, 0.1) is 5.56 Å². The maximum atomic E-state index is 12.3. The Kier molecular flexibility index (Phi) is 6.21. The average Bonchev–Trinajstić information content (AvgIpc) is 2.67. The Morgan fingerprint density at radius 2 is 1.38 bits per heavy atom. The van der Waals surface area contributed by atoms with Crippen molar-refractivity contribution in [3.05, 3.63) is 71.3 Å². The van der Waals surface area contributed by atoms with Crippen LogP contribution in [0.5, 0.6) is 0 Å². The van der Waals surface area contributed by atoms with Gasteiger partial charge in [-0.2, -0.15) is 0 Å². The molecular formula is C19H18N2O5. The first kappa shape index (κ1) is 18.9. The molecule has 26 heavy (non-hydrogen) atoms. The number of hydrogen-bond donors (Lipinski definition) is 2. The van der Waals surface area contributed by atoms with E-state index in [-0.39, 0.29) is 11.3 Å². The van der Waals surface area contributed by atoms with E-state index in [1.165, 1.54) is 38.2 Å². The van der Waals surface area contributed by atoms with Crippen LogP contribution in [0.25, 0.3) is 0 Å². The van der Waals surface area contributed by atoms with Crippen LogP contribution in [0.1, 0.15) is 33.2 Å². The Hall–Kier alpha value is -3.48. The van der Waals surface area contributed by atoms with Crippen molar-refractivity contribution in [2.24, 2.45) is 0 Å². The van der Waals surface area contributed by atoms with Crippen LogP contribution in [-0.2, 0) is 9.53 Å². The number of esters is 1. The predicted molar refractivity (Wildman–Crippen MR) is 93.8 cm³/mol. The van der Waals surface area contributed by atoms with Crippen LogP contribution in [0.15, 0.2) is 54.6 Å². The standard InChI is InChI=1S/C19H18N2O5/c1-12(17(23)21-19(25)20-2)26-18(24)15-10-8-14(9-11-15)16(22)13-6-4-3-5-7-13/h3-12H,1-2H3,(H2,20,21,23,25)/t12-/m0/s1. The van der Waals surface area contributed by atoms with Crippen molar-refractivity contribution in [3.8, 4) is 0 Å². The Labute approximate surface area is 150 Å². The van der Waals surface area contributed by atoms with Crippen molar-refractivity contribution in [2.75, 3.05) is 7.05 Å². The fourth-order valence-corrected chi connectivity index (χ4v) is 2.07. The molecular weight excluding hydrogens is 336 g/mol. The first-order chi connectivity index (χ1) is 12.4. The zero-order valence-corrected chi connectivity index (χ0v) is 14.3. The van der Waals surface area contributed by atoms with Gasteiger partial charge in [0, 0.05) is 18.2 Å². The highest BCUT2D eigenvalue weighted by atomic mass is 16.5. The molecule has 0 heterocycles. The third kappa shape index (κ3) is 4.76. The molecule has 1 atom stereocenters. The van der Waals surface area contributed by atoms with Gasteiger partial charge >= 0.3 is 12.0 Å². The topological polar surface area (TPSA) is 102 Å². The maximum Gasteiger partial charge on any atom is 0.338 e. The van der Waals surface area contributed by atoms with Crippen molar-refractivity contribution in [2.45, 2.75) is 13.0 Å². The third-order valence-corrected chi connectivity index (χ3v) is 3.54. The molecule has 0 saturated heterocycles. The van der Waals surface area contributed by atoms with E-state index >= 15 is 0 Å².